The quantitative estimate of drug-likeness (QED) is 0.162. The normalized spacial score (nSPS) is 36.3. The second-order valence-electron chi connectivity index (χ2n) is 9.70. The van der Waals surface area contributed by atoms with Crippen LogP contribution in [0.2, 0.25) is 0 Å². The molecule has 7 N–H and O–H groups in total. The maximum absolute atomic E-state index is 12.9. The van der Waals surface area contributed by atoms with Gasteiger partial charge in [0.15, 0.2) is 41.5 Å². The van der Waals surface area contributed by atoms with Crippen LogP contribution in [0, 0.1) is 0 Å². The first-order valence-corrected chi connectivity index (χ1v) is 16.3. The van der Waals surface area contributed by atoms with Gasteiger partial charge in [-0.2, -0.15) is 0 Å². The maximum atomic E-state index is 12.9. The summed E-state index contributed by atoms with van der Waals surface area (Å²) in [5.41, 5.74) is 12.8. The SMILES string of the molecule is Nc1ncnc2c1ncn2[C@@H]1O[C@@H]2COP(O)(=S)O[C@H]3[C@@H](O)[C@H](n4cnc5c(N)ncnc54)O[C@@H]3CO[P+](=O)O[C@H]2[C@H]1O. The number of imidazole rings is 2. The standard InChI is InChI=1S/C20H22N10O10P2S/c21-15-9-17(25-3-23-15)29(5-27-9)19-11(31)13-8(38-19)2-36-42(34,43)40-14-7(1-35-41(33)39-13)37-20(12(14)32)30-6-28-10-16(22)24-4-26-18(10)30/h3-8,11-14,19-20,31-32H,1-2H2,(H4-,21,22,23,24,25,26,34,43)/p+1/t7-,8-,11-,12-,13-,14-,19-,20-,42?/m1/s1. The Labute approximate surface area is 246 Å². The van der Waals surface area contributed by atoms with Crippen LogP contribution in [-0.2, 0) is 43.9 Å². The topological polar surface area (TPSA) is 272 Å². The predicted molar refractivity (Wildman–Crippen MR) is 145 cm³/mol. The largest absolute Gasteiger partial charge is 0.697 e. The molecule has 3 saturated heterocycles. The summed E-state index contributed by atoms with van der Waals surface area (Å²) in [6.45, 7) is -4.99. The summed E-state index contributed by atoms with van der Waals surface area (Å²) in [4.78, 5) is 35.4. The molecule has 0 aromatic carbocycles. The van der Waals surface area contributed by atoms with Gasteiger partial charge in [0.2, 0.25) is 0 Å². The van der Waals surface area contributed by atoms with Crippen molar-refractivity contribution in [3.8, 4) is 0 Å². The highest BCUT2D eigenvalue weighted by molar-refractivity contribution is 8.07. The zero-order valence-corrected chi connectivity index (χ0v) is 24.2. The van der Waals surface area contributed by atoms with E-state index in [-0.39, 0.29) is 34.0 Å². The summed E-state index contributed by atoms with van der Waals surface area (Å²) in [7, 11) is -2.88. The number of aliphatic hydroxyl groups is 2. The van der Waals surface area contributed by atoms with Gasteiger partial charge in [0, 0.05) is 4.57 Å². The molecule has 7 heterocycles. The smallest absolute Gasteiger partial charge is 0.386 e. The fraction of sp³-hybridized carbons (Fsp3) is 0.500. The van der Waals surface area contributed by atoms with E-state index >= 15 is 0 Å². The molecule has 0 bridgehead atoms. The number of aromatic nitrogens is 8. The molecule has 20 nitrogen and oxygen atoms in total. The van der Waals surface area contributed by atoms with E-state index in [2.05, 4.69) is 29.9 Å². The second-order valence-corrected chi connectivity index (χ2v) is 13.4. The van der Waals surface area contributed by atoms with Gasteiger partial charge in [-0.15, -0.1) is 9.05 Å². The minimum atomic E-state index is -4.09. The summed E-state index contributed by atoms with van der Waals surface area (Å²) in [6, 6.07) is 0. The Kier molecular flexibility index (Phi) is 7.32. The van der Waals surface area contributed by atoms with Gasteiger partial charge >= 0.3 is 15.0 Å². The number of nitrogens with zero attached hydrogens (tertiary/aromatic N) is 8. The lowest BCUT2D eigenvalue weighted by molar-refractivity contribution is -0.0573. The van der Waals surface area contributed by atoms with Crippen LogP contribution in [0.25, 0.3) is 22.3 Å². The van der Waals surface area contributed by atoms with Crippen LogP contribution in [0.15, 0.2) is 25.3 Å². The number of ether oxygens (including phenoxy) is 2. The third-order valence-corrected chi connectivity index (χ3v) is 9.49. The first-order valence-electron chi connectivity index (χ1n) is 12.6. The second kappa shape index (κ2) is 10.9. The van der Waals surface area contributed by atoms with E-state index < -0.39 is 77.3 Å². The van der Waals surface area contributed by atoms with Crippen molar-refractivity contribution in [2.24, 2.45) is 0 Å². The van der Waals surface area contributed by atoms with E-state index in [0.717, 1.165) is 0 Å². The average Bonchev–Trinajstić information content (AvgIpc) is 3.73. The predicted octanol–water partition coefficient (Wildman–Crippen LogP) is -0.961. The van der Waals surface area contributed by atoms with Gasteiger partial charge in [0.25, 0.3) is 0 Å². The molecule has 0 aliphatic carbocycles. The van der Waals surface area contributed by atoms with Gasteiger partial charge in [-0.3, -0.25) is 13.7 Å². The van der Waals surface area contributed by atoms with Crippen molar-refractivity contribution in [3.05, 3.63) is 25.3 Å². The maximum Gasteiger partial charge on any atom is 0.697 e. The van der Waals surface area contributed by atoms with Crippen molar-refractivity contribution in [1.29, 1.82) is 0 Å². The molecule has 3 fully saturated rings. The van der Waals surface area contributed by atoms with Crippen molar-refractivity contribution in [1.82, 2.24) is 39.0 Å². The Balaban J connectivity index is 1.14. The summed E-state index contributed by atoms with van der Waals surface area (Å²) < 4.78 is 49.9. The molecule has 3 aliphatic heterocycles. The van der Waals surface area contributed by atoms with Crippen molar-refractivity contribution >= 4 is 60.7 Å². The van der Waals surface area contributed by atoms with E-state index in [0.29, 0.717) is 0 Å². The molecule has 43 heavy (non-hydrogen) atoms. The number of aliphatic hydroxyl groups excluding tert-OH is 2. The molecule has 10 atom stereocenters. The number of nitrogens with two attached hydrogens (primary N) is 2. The van der Waals surface area contributed by atoms with Gasteiger partial charge in [-0.05, 0) is 11.8 Å². The number of anilines is 2. The molecular formula is C20H23N10O10P2S+. The Bertz CT molecular complexity index is 1760. The fourth-order valence-corrected chi connectivity index (χ4v) is 7.39. The summed E-state index contributed by atoms with van der Waals surface area (Å²) >= 11 is 5.23. The number of rotatable bonds is 2. The molecule has 7 rings (SSSR count). The molecule has 23 heteroatoms. The van der Waals surface area contributed by atoms with E-state index in [1.165, 1.54) is 34.4 Å². The average molecular weight is 657 g/mol. The molecule has 0 spiro atoms. The van der Waals surface area contributed by atoms with E-state index in [4.69, 9.17) is 50.8 Å². The lowest BCUT2D eigenvalue weighted by atomic mass is 10.1. The molecular weight excluding hydrogens is 634 g/mol. The Morgan fingerprint density at radius 3 is 1.98 bits per heavy atom. The van der Waals surface area contributed by atoms with E-state index in [1.54, 1.807) is 0 Å². The highest BCUT2D eigenvalue weighted by Crippen LogP contribution is 2.51. The lowest BCUT2D eigenvalue weighted by Gasteiger charge is -2.26. The summed E-state index contributed by atoms with van der Waals surface area (Å²) in [5.74, 6) is 0.235. The van der Waals surface area contributed by atoms with E-state index in [9.17, 15) is 19.7 Å². The summed E-state index contributed by atoms with van der Waals surface area (Å²) in [6.07, 6.45) is -4.86. The van der Waals surface area contributed by atoms with Crippen molar-refractivity contribution in [2.45, 2.75) is 49.1 Å². The Morgan fingerprint density at radius 2 is 1.40 bits per heavy atom. The van der Waals surface area contributed by atoms with Crippen molar-refractivity contribution in [2.75, 3.05) is 24.7 Å². The molecule has 228 valence electrons. The van der Waals surface area contributed by atoms with Gasteiger partial charge < -0.3 is 40.6 Å². The monoisotopic (exact) mass is 657 g/mol. The van der Waals surface area contributed by atoms with Crippen LogP contribution in [0.3, 0.4) is 0 Å². The lowest BCUT2D eigenvalue weighted by Crippen LogP contribution is -2.38. The first kappa shape index (κ1) is 28.8. The number of hydrogen-bond acceptors (Lipinski definition) is 18. The summed E-state index contributed by atoms with van der Waals surface area (Å²) in [5, 5.41) is 22.4. The van der Waals surface area contributed by atoms with Crippen LogP contribution in [0.1, 0.15) is 12.5 Å². The van der Waals surface area contributed by atoms with Gasteiger partial charge in [0.05, 0.1) is 19.3 Å². The van der Waals surface area contributed by atoms with Crippen LogP contribution >= 0.6 is 15.0 Å². The molecule has 2 unspecified atom stereocenters. The first-order chi connectivity index (χ1) is 20.6. The Morgan fingerprint density at radius 1 is 0.860 bits per heavy atom. The van der Waals surface area contributed by atoms with Crippen molar-refractivity contribution < 1.29 is 47.2 Å². The molecule has 0 radical (unpaired) electrons. The third kappa shape index (κ3) is 5.06. The van der Waals surface area contributed by atoms with Crippen LogP contribution in [0.5, 0.6) is 0 Å². The zero-order chi connectivity index (χ0) is 30.0. The van der Waals surface area contributed by atoms with Crippen molar-refractivity contribution in [3.63, 3.8) is 0 Å². The van der Waals surface area contributed by atoms with E-state index in [1.807, 2.05) is 0 Å². The van der Waals surface area contributed by atoms with Gasteiger partial charge in [-0.25, -0.2) is 29.9 Å². The Hall–Kier alpha value is -2.91. The minimum Gasteiger partial charge on any atom is -0.386 e. The minimum absolute atomic E-state index is 0.117. The molecule has 0 saturated carbocycles. The fourth-order valence-electron chi connectivity index (χ4n) is 5.16. The van der Waals surface area contributed by atoms with Crippen LogP contribution in [-0.4, -0.2) is 104 Å². The molecule has 4 aromatic heterocycles. The van der Waals surface area contributed by atoms with Gasteiger partial charge in [0.1, 0.15) is 60.8 Å². The van der Waals surface area contributed by atoms with Crippen LogP contribution < -0.4 is 11.5 Å². The molecule has 3 aliphatic rings. The van der Waals surface area contributed by atoms with Crippen LogP contribution in [0.4, 0.5) is 11.6 Å². The molecule has 0 amide bonds. The highest BCUT2D eigenvalue weighted by atomic mass is 32.5. The zero-order valence-electron chi connectivity index (χ0n) is 21.6. The highest BCUT2D eigenvalue weighted by Gasteiger charge is 2.54. The molecule has 4 aromatic rings. The number of fused-ring (bicyclic) bond motifs is 4. The number of nitrogen functional groups attached to an aromatic ring is 2. The van der Waals surface area contributed by atoms with Gasteiger partial charge in [-0.1, -0.05) is 0 Å². The number of hydrogen-bond donors (Lipinski definition) is 5. The third-order valence-electron chi connectivity index (χ3n) is 7.15.